The van der Waals surface area contributed by atoms with Gasteiger partial charge in [-0.05, 0) is 49.6 Å². The number of benzene rings is 2. The number of rotatable bonds is 1. The van der Waals surface area contributed by atoms with E-state index >= 15 is 0 Å². The molecule has 0 saturated heterocycles. The van der Waals surface area contributed by atoms with Crippen molar-refractivity contribution in [3.05, 3.63) is 54.1 Å². The summed E-state index contributed by atoms with van der Waals surface area (Å²) in [5.41, 5.74) is 5.12. The Morgan fingerprint density at radius 1 is 1.00 bits per heavy atom. The summed E-state index contributed by atoms with van der Waals surface area (Å²) in [7, 11) is 0. The average Bonchev–Trinajstić information content (AvgIpc) is 2.40. The molecule has 2 aromatic carbocycles. The minimum Gasteiger partial charge on any atom is -0.383 e. The Labute approximate surface area is 115 Å². The first-order valence-corrected chi connectivity index (χ1v) is 7.02. The fourth-order valence-electron chi connectivity index (χ4n) is 2.66. The van der Waals surface area contributed by atoms with E-state index < -0.39 is 0 Å². The van der Waals surface area contributed by atoms with Crippen LogP contribution in [-0.2, 0) is 0 Å². The third-order valence-corrected chi connectivity index (χ3v) is 3.63. The molecule has 0 atom stereocenters. The lowest BCUT2D eigenvalue weighted by Crippen LogP contribution is -2.23. The van der Waals surface area contributed by atoms with Crippen LogP contribution in [0.15, 0.2) is 48.5 Å². The lowest BCUT2D eigenvalue weighted by Gasteiger charge is -2.30. The molecule has 0 aliphatic carbocycles. The lowest BCUT2D eigenvalue weighted by molar-refractivity contribution is 0.747. The predicted molar refractivity (Wildman–Crippen MR) is 82.4 cm³/mol. The minimum atomic E-state index is 1.07. The topological polar surface area (TPSA) is 15.3 Å². The van der Waals surface area contributed by atoms with Gasteiger partial charge in [0.15, 0.2) is 0 Å². The first-order valence-electron chi connectivity index (χ1n) is 7.02. The molecule has 1 N–H and O–H groups in total. The first kappa shape index (κ1) is 12.1. The molecule has 19 heavy (non-hydrogen) atoms. The minimum absolute atomic E-state index is 1.07. The Morgan fingerprint density at radius 2 is 1.89 bits per heavy atom. The second-order valence-electron chi connectivity index (χ2n) is 5.14. The number of nitrogens with zero attached hydrogens (tertiary/aromatic N) is 1. The molecule has 2 nitrogen and oxygen atoms in total. The Hall–Kier alpha value is -1.96. The van der Waals surface area contributed by atoms with Crippen LogP contribution in [0.5, 0.6) is 0 Å². The molecule has 98 valence electrons. The zero-order valence-electron chi connectivity index (χ0n) is 11.4. The fraction of sp³-hybridized carbons (Fsp3) is 0.294. The highest BCUT2D eigenvalue weighted by Crippen LogP contribution is 2.33. The van der Waals surface area contributed by atoms with Gasteiger partial charge in [0.2, 0.25) is 0 Å². The van der Waals surface area contributed by atoms with Gasteiger partial charge in [0.25, 0.3) is 0 Å². The number of para-hydroxylation sites is 2. The van der Waals surface area contributed by atoms with Crippen LogP contribution in [0.3, 0.4) is 0 Å². The molecule has 0 radical (unpaired) electrons. The van der Waals surface area contributed by atoms with E-state index in [0.717, 1.165) is 13.1 Å². The summed E-state index contributed by atoms with van der Waals surface area (Å²) in [6, 6.07) is 17.3. The van der Waals surface area contributed by atoms with Crippen molar-refractivity contribution in [1.82, 2.24) is 0 Å². The van der Waals surface area contributed by atoms with Gasteiger partial charge in [0.05, 0.1) is 11.4 Å². The van der Waals surface area contributed by atoms with Crippen LogP contribution in [0.1, 0.15) is 18.4 Å². The molecule has 0 bridgehead atoms. The molecule has 0 amide bonds. The maximum Gasteiger partial charge on any atom is 0.0646 e. The van der Waals surface area contributed by atoms with Crippen molar-refractivity contribution in [2.75, 3.05) is 23.3 Å². The third kappa shape index (κ3) is 2.58. The van der Waals surface area contributed by atoms with Crippen LogP contribution in [-0.4, -0.2) is 13.1 Å². The Kier molecular flexibility index (Phi) is 3.41. The molecule has 2 heteroatoms. The molecular weight excluding hydrogens is 232 g/mol. The highest BCUT2D eigenvalue weighted by Gasteiger charge is 2.14. The van der Waals surface area contributed by atoms with Gasteiger partial charge >= 0.3 is 0 Å². The van der Waals surface area contributed by atoms with Gasteiger partial charge in [-0.15, -0.1) is 0 Å². The quantitative estimate of drug-likeness (QED) is 0.812. The molecule has 2 aromatic rings. The van der Waals surface area contributed by atoms with E-state index in [1.54, 1.807) is 0 Å². The van der Waals surface area contributed by atoms with Crippen LogP contribution in [0, 0.1) is 6.92 Å². The maximum atomic E-state index is 3.54. The molecule has 1 aliphatic rings. The molecule has 0 saturated carbocycles. The summed E-state index contributed by atoms with van der Waals surface area (Å²) < 4.78 is 0. The van der Waals surface area contributed by atoms with Crippen molar-refractivity contribution in [3.8, 4) is 0 Å². The number of hydrogen-bond donors (Lipinski definition) is 1. The Balaban J connectivity index is 2.05. The van der Waals surface area contributed by atoms with Crippen molar-refractivity contribution in [2.45, 2.75) is 19.8 Å². The zero-order chi connectivity index (χ0) is 13.1. The highest BCUT2D eigenvalue weighted by molar-refractivity contribution is 5.76. The number of hydrogen-bond acceptors (Lipinski definition) is 2. The van der Waals surface area contributed by atoms with E-state index in [1.807, 2.05) is 0 Å². The molecule has 1 heterocycles. The predicted octanol–water partition coefficient (Wildman–Crippen LogP) is 4.34. The van der Waals surface area contributed by atoms with Crippen LogP contribution in [0.2, 0.25) is 0 Å². The number of fused-ring (bicyclic) bond motifs is 1. The maximum absolute atomic E-state index is 3.54. The fourth-order valence-corrected chi connectivity index (χ4v) is 2.66. The normalized spacial score (nSPS) is 15.1. The standard InChI is InChI=1S/C17H20N2/c1-14-7-6-8-15(13-14)19-12-5-4-11-18-16-9-2-3-10-17(16)19/h2-3,6-10,13,18H,4-5,11-12H2,1H3. The van der Waals surface area contributed by atoms with Gasteiger partial charge in [-0.2, -0.15) is 0 Å². The number of nitrogens with one attached hydrogen (secondary N) is 1. The molecule has 0 aromatic heterocycles. The van der Waals surface area contributed by atoms with Gasteiger partial charge in [-0.3, -0.25) is 0 Å². The zero-order valence-corrected chi connectivity index (χ0v) is 11.4. The van der Waals surface area contributed by atoms with Crippen molar-refractivity contribution >= 4 is 17.1 Å². The summed E-state index contributed by atoms with van der Waals surface area (Å²) in [5.74, 6) is 0. The van der Waals surface area contributed by atoms with E-state index in [4.69, 9.17) is 0 Å². The number of anilines is 3. The van der Waals surface area contributed by atoms with Gasteiger partial charge in [-0.1, -0.05) is 24.3 Å². The lowest BCUT2D eigenvalue weighted by atomic mass is 10.1. The summed E-state index contributed by atoms with van der Waals surface area (Å²) >= 11 is 0. The van der Waals surface area contributed by atoms with Crippen LogP contribution in [0.4, 0.5) is 17.1 Å². The SMILES string of the molecule is Cc1cccc(N2CCCCNc3ccccc32)c1. The van der Waals surface area contributed by atoms with Gasteiger partial charge in [0.1, 0.15) is 0 Å². The second-order valence-corrected chi connectivity index (χ2v) is 5.14. The highest BCUT2D eigenvalue weighted by atomic mass is 15.2. The van der Waals surface area contributed by atoms with Crippen molar-refractivity contribution in [2.24, 2.45) is 0 Å². The molecule has 1 aliphatic heterocycles. The molecule has 0 unspecified atom stereocenters. The van der Waals surface area contributed by atoms with Crippen molar-refractivity contribution in [3.63, 3.8) is 0 Å². The van der Waals surface area contributed by atoms with E-state index in [9.17, 15) is 0 Å². The second kappa shape index (κ2) is 5.35. The number of aryl methyl sites for hydroxylation is 1. The first-order chi connectivity index (χ1) is 9.34. The van der Waals surface area contributed by atoms with E-state index in [-0.39, 0.29) is 0 Å². The van der Waals surface area contributed by atoms with E-state index in [2.05, 4.69) is 65.7 Å². The molecule has 0 spiro atoms. The summed E-state index contributed by atoms with van der Waals surface area (Å²) in [6.07, 6.45) is 2.44. The Bertz CT molecular complexity index is 563. The van der Waals surface area contributed by atoms with Gasteiger partial charge in [0, 0.05) is 18.8 Å². The van der Waals surface area contributed by atoms with Gasteiger partial charge < -0.3 is 10.2 Å². The molecule has 0 fully saturated rings. The van der Waals surface area contributed by atoms with Gasteiger partial charge in [-0.25, -0.2) is 0 Å². The van der Waals surface area contributed by atoms with Crippen LogP contribution in [0.25, 0.3) is 0 Å². The van der Waals surface area contributed by atoms with Crippen LogP contribution >= 0.6 is 0 Å². The summed E-state index contributed by atoms with van der Waals surface area (Å²) in [6.45, 7) is 4.30. The van der Waals surface area contributed by atoms with E-state index in [0.29, 0.717) is 0 Å². The largest absolute Gasteiger partial charge is 0.383 e. The van der Waals surface area contributed by atoms with Crippen molar-refractivity contribution in [1.29, 1.82) is 0 Å². The van der Waals surface area contributed by atoms with E-state index in [1.165, 1.54) is 35.5 Å². The summed E-state index contributed by atoms with van der Waals surface area (Å²) in [4.78, 5) is 2.43. The Morgan fingerprint density at radius 3 is 2.79 bits per heavy atom. The van der Waals surface area contributed by atoms with Crippen LogP contribution < -0.4 is 10.2 Å². The smallest absolute Gasteiger partial charge is 0.0646 e. The molecular formula is C17H20N2. The average molecular weight is 252 g/mol. The monoisotopic (exact) mass is 252 g/mol. The summed E-state index contributed by atoms with van der Waals surface area (Å²) in [5, 5.41) is 3.54. The third-order valence-electron chi connectivity index (χ3n) is 3.63. The molecule has 3 rings (SSSR count). The van der Waals surface area contributed by atoms with Crippen molar-refractivity contribution < 1.29 is 0 Å².